The lowest BCUT2D eigenvalue weighted by Crippen LogP contribution is -2.27. The Bertz CT molecular complexity index is 451. The molecule has 0 radical (unpaired) electrons. The summed E-state index contributed by atoms with van der Waals surface area (Å²) < 4.78 is 48.6. The van der Waals surface area contributed by atoms with E-state index >= 15 is 0 Å². The Morgan fingerprint density at radius 1 is 1.25 bits per heavy atom. The second-order valence-corrected chi connectivity index (χ2v) is 5.92. The normalized spacial score (nSPS) is 13.8. The molecule has 3 nitrogen and oxygen atoms in total. The third-order valence-electron chi connectivity index (χ3n) is 1.83. The lowest BCUT2D eigenvalue weighted by atomic mass is 10.2. The summed E-state index contributed by atoms with van der Waals surface area (Å²) in [5.74, 6) is -2.18. The smallest absolute Gasteiger partial charge is 0.155 e. The molecule has 0 saturated heterocycles. The molecule has 1 rings (SSSR count). The summed E-state index contributed by atoms with van der Waals surface area (Å²) in [5, 5.41) is 0. The van der Waals surface area contributed by atoms with Crippen LogP contribution in [0.4, 0.5) is 8.78 Å². The van der Waals surface area contributed by atoms with Gasteiger partial charge in [0.05, 0.1) is 11.5 Å². The molecule has 0 bridgehead atoms. The molecule has 90 valence electrons. The Morgan fingerprint density at radius 3 is 2.19 bits per heavy atom. The Morgan fingerprint density at radius 2 is 1.75 bits per heavy atom. The van der Waals surface area contributed by atoms with E-state index in [0.29, 0.717) is 6.07 Å². The van der Waals surface area contributed by atoms with Gasteiger partial charge in [-0.1, -0.05) is 0 Å². The average molecular weight is 249 g/mol. The van der Waals surface area contributed by atoms with Crippen molar-refractivity contribution in [3.8, 4) is 0 Å². The van der Waals surface area contributed by atoms with Crippen LogP contribution in [-0.2, 0) is 15.6 Å². The van der Waals surface area contributed by atoms with Gasteiger partial charge < -0.3 is 5.73 Å². The fourth-order valence-corrected chi connectivity index (χ4v) is 3.00. The van der Waals surface area contributed by atoms with Crippen LogP contribution in [0.25, 0.3) is 0 Å². The summed E-state index contributed by atoms with van der Waals surface area (Å²) in [7, 11) is -3.43. The summed E-state index contributed by atoms with van der Waals surface area (Å²) >= 11 is 0. The van der Waals surface area contributed by atoms with E-state index in [-0.39, 0.29) is 11.3 Å². The highest BCUT2D eigenvalue weighted by molar-refractivity contribution is 7.90. The molecule has 0 saturated carbocycles. The van der Waals surface area contributed by atoms with E-state index in [1.807, 2.05) is 0 Å². The van der Waals surface area contributed by atoms with Crippen LogP contribution in [0.3, 0.4) is 0 Å². The van der Waals surface area contributed by atoms with Gasteiger partial charge >= 0.3 is 0 Å². The molecule has 0 fully saturated rings. The predicted octanol–water partition coefficient (Wildman–Crippen LogP) is 1.23. The monoisotopic (exact) mass is 249 g/mol. The first-order chi connectivity index (χ1) is 7.28. The van der Waals surface area contributed by atoms with Crippen molar-refractivity contribution >= 4 is 9.84 Å². The molecule has 16 heavy (non-hydrogen) atoms. The number of nitrogens with two attached hydrogens (primary N) is 1. The fraction of sp³-hybridized carbons (Fsp3) is 0.400. The molecule has 2 N–H and O–H groups in total. The fourth-order valence-electron chi connectivity index (χ4n) is 1.41. The zero-order chi connectivity index (χ0) is 12.3. The molecule has 0 amide bonds. The summed E-state index contributed by atoms with van der Waals surface area (Å²) in [6.45, 7) is 1.56. The molecule has 1 unspecified atom stereocenters. The van der Waals surface area contributed by atoms with E-state index in [1.165, 1.54) is 0 Å². The van der Waals surface area contributed by atoms with Crippen LogP contribution in [0.2, 0.25) is 0 Å². The highest BCUT2D eigenvalue weighted by Gasteiger charge is 2.15. The van der Waals surface area contributed by atoms with Gasteiger partial charge in [-0.15, -0.1) is 0 Å². The molecule has 0 aliphatic heterocycles. The summed E-state index contributed by atoms with van der Waals surface area (Å²) in [6.07, 6.45) is 0. The molecule has 1 aromatic carbocycles. The molecular weight excluding hydrogens is 236 g/mol. The summed E-state index contributed by atoms with van der Waals surface area (Å²) in [6, 6.07) is 2.20. The largest absolute Gasteiger partial charge is 0.327 e. The molecule has 0 aliphatic rings. The first kappa shape index (κ1) is 13.1. The SMILES string of the molecule is CC(N)CS(=O)(=O)Cc1cc(F)cc(F)c1. The van der Waals surface area contributed by atoms with Crippen molar-refractivity contribution in [1.29, 1.82) is 0 Å². The zero-order valence-corrected chi connectivity index (χ0v) is 9.60. The minimum absolute atomic E-state index is 0.0955. The van der Waals surface area contributed by atoms with Crippen molar-refractivity contribution in [3.05, 3.63) is 35.4 Å². The second kappa shape index (κ2) is 4.88. The van der Waals surface area contributed by atoms with E-state index in [2.05, 4.69) is 0 Å². The van der Waals surface area contributed by atoms with Gasteiger partial charge in [0.25, 0.3) is 0 Å². The Hall–Kier alpha value is -1.01. The van der Waals surface area contributed by atoms with E-state index < -0.39 is 33.3 Å². The highest BCUT2D eigenvalue weighted by atomic mass is 32.2. The van der Waals surface area contributed by atoms with Gasteiger partial charge in [0.15, 0.2) is 9.84 Å². The average Bonchev–Trinajstić information content (AvgIpc) is 1.95. The van der Waals surface area contributed by atoms with Crippen LogP contribution < -0.4 is 5.73 Å². The van der Waals surface area contributed by atoms with Crippen molar-refractivity contribution in [1.82, 2.24) is 0 Å². The van der Waals surface area contributed by atoms with E-state index in [0.717, 1.165) is 12.1 Å². The van der Waals surface area contributed by atoms with Crippen LogP contribution >= 0.6 is 0 Å². The third kappa shape index (κ3) is 4.24. The van der Waals surface area contributed by atoms with Gasteiger partial charge in [-0.3, -0.25) is 0 Å². The van der Waals surface area contributed by atoms with Crippen molar-refractivity contribution in [2.75, 3.05) is 5.75 Å². The van der Waals surface area contributed by atoms with E-state index in [4.69, 9.17) is 5.73 Å². The quantitative estimate of drug-likeness (QED) is 0.873. The highest BCUT2D eigenvalue weighted by Crippen LogP contribution is 2.12. The second-order valence-electron chi connectivity index (χ2n) is 3.81. The van der Waals surface area contributed by atoms with Crippen molar-refractivity contribution in [2.45, 2.75) is 18.7 Å². The van der Waals surface area contributed by atoms with Gasteiger partial charge in [-0.05, 0) is 24.6 Å². The van der Waals surface area contributed by atoms with E-state index in [9.17, 15) is 17.2 Å². The number of halogens is 2. The standard InChI is InChI=1S/C10H13F2NO2S/c1-7(13)5-16(14,15)6-8-2-9(11)4-10(12)3-8/h2-4,7H,5-6,13H2,1H3. The third-order valence-corrected chi connectivity index (χ3v) is 3.63. The van der Waals surface area contributed by atoms with Crippen molar-refractivity contribution < 1.29 is 17.2 Å². The Labute approximate surface area is 93.2 Å². The summed E-state index contributed by atoms with van der Waals surface area (Å²) in [5.41, 5.74) is 5.46. The molecule has 1 atom stereocenters. The number of sulfone groups is 1. The molecule has 0 heterocycles. The van der Waals surface area contributed by atoms with Crippen molar-refractivity contribution in [3.63, 3.8) is 0 Å². The maximum absolute atomic E-state index is 12.8. The van der Waals surface area contributed by atoms with Gasteiger partial charge in [0.2, 0.25) is 0 Å². The number of hydrogen-bond donors (Lipinski definition) is 1. The first-order valence-electron chi connectivity index (χ1n) is 4.69. The first-order valence-corrected chi connectivity index (χ1v) is 6.51. The topological polar surface area (TPSA) is 60.2 Å². The van der Waals surface area contributed by atoms with Crippen LogP contribution in [0.1, 0.15) is 12.5 Å². The van der Waals surface area contributed by atoms with Gasteiger partial charge in [-0.2, -0.15) is 0 Å². The van der Waals surface area contributed by atoms with Crippen LogP contribution in [0, 0.1) is 11.6 Å². The molecule has 0 spiro atoms. The minimum Gasteiger partial charge on any atom is -0.327 e. The van der Waals surface area contributed by atoms with Crippen LogP contribution in [0.15, 0.2) is 18.2 Å². The van der Waals surface area contributed by atoms with Crippen LogP contribution in [-0.4, -0.2) is 20.2 Å². The number of benzene rings is 1. The maximum Gasteiger partial charge on any atom is 0.155 e. The molecule has 6 heteroatoms. The van der Waals surface area contributed by atoms with E-state index in [1.54, 1.807) is 6.92 Å². The molecule has 0 aliphatic carbocycles. The molecular formula is C10H13F2NO2S. The molecule has 1 aromatic rings. The van der Waals surface area contributed by atoms with Crippen molar-refractivity contribution in [2.24, 2.45) is 5.73 Å². The van der Waals surface area contributed by atoms with Gasteiger partial charge in [-0.25, -0.2) is 17.2 Å². The Kier molecular flexibility index (Phi) is 3.98. The molecule has 0 aromatic heterocycles. The maximum atomic E-state index is 12.8. The van der Waals surface area contributed by atoms with Crippen LogP contribution in [0.5, 0.6) is 0 Å². The number of hydrogen-bond acceptors (Lipinski definition) is 3. The van der Waals surface area contributed by atoms with Gasteiger partial charge in [0.1, 0.15) is 11.6 Å². The Balaban J connectivity index is 2.88. The minimum atomic E-state index is -3.43. The number of rotatable bonds is 4. The summed E-state index contributed by atoms with van der Waals surface area (Å²) in [4.78, 5) is 0. The predicted molar refractivity (Wildman–Crippen MR) is 57.5 cm³/mol. The lowest BCUT2D eigenvalue weighted by Gasteiger charge is -2.07. The lowest BCUT2D eigenvalue weighted by molar-refractivity contribution is 0.578. The van der Waals surface area contributed by atoms with Gasteiger partial charge in [0, 0.05) is 12.1 Å². The zero-order valence-electron chi connectivity index (χ0n) is 8.78.